The van der Waals surface area contributed by atoms with Gasteiger partial charge < -0.3 is 15.5 Å². The summed E-state index contributed by atoms with van der Waals surface area (Å²) in [5, 5.41) is 6.54. The summed E-state index contributed by atoms with van der Waals surface area (Å²) in [4.78, 5) is 32.8. The lowest BCUT2D eigenvalue weighted by Gasteiger charge is -2.36. The van der Waals surface area contributed by atoms with Gasteiger partial charge in [-0.3, -0.25) is 14.7 Å². The molecule has 148 valence electrons. The summed E-state index contributed by atoms with van der Waals surface area (Å²) in [6.07, 6.45) is 3.51. The van der Waals surface area contributed by atoms with Crippen LogP contribution >= 0.6 is 24.0 Å². The number of rotatable bonds is 3. The number of hydrogen-bond donors (Lipinski definition) is 2. The average Bonchev–Trinajstić information content (AvgIpc) is 3.14. The second-order valence-corrected chi connectivity index (χ2v) is 6.96. The first-order chi connectivity index (χ1) is 13.1. The molecule has 2 saturated heterocycles. The molecule has 2 aromatic rings. The highest BCUT2D eigenvalue weighted by Crippen LogP contribution is 2.30. The van der Waals surface area contributed by atoms with Crippen LogP contribution in [0.2, 0.25) is 5.02 Å². The second-order valence-electron chi connectivity index (χ2n) is 6.55. The number of aromatic nitrogens is 1. The normalized spacial score (nSPS) is 19.2. The van der Waals surface area contributed by atoms with Crippen LogP contribution in [0.3, 0.4) is 0 Å². The Morgan fingerprint density at radius 3 is 2.79 bits per heavy atom. The number of halogens is 2. The van der Waals surface area contributed by atoms with Gasteiger partial charge in [0, 0.05) is 50.7 Å². The highest BCUT2D eigenvalue weighted by molar-refractivity contribution is 6.34. The average molecular weight is 422 g/mol. The van der Waals surface area contributed by atoms with Crippen molar-refractivity contribution in [3.05, 3.63) is 58.9 Å². The lowest BCUT2D eigenvalue weighted by atomic mass is 10.0. The fraction of sp³-hybridized carbons (Fsp3) is 0.316. The van der Waals surface area contributed by atoms with Gasteiger partial charge in [-0.1, -0.05) is 17.7 Å². The Morgan fingerprint density at radius 1 is 1.21 bits per heavy atom. The molecule has 0 spiro atoms. The number of hydrogen-bond acceptors (Lipinski definition) is 4. The van der Waals surface area contributed by atoms with Gasteiger partial charge in [-0.05, 0) is 29.8 Å². The van der Waals surface area contributed by atoms with Crippen molar-refractivity contribution in [3.63, 3.8) is 0 Å². The minimum atomic E-state index is -0.197. The van der Waals surface area contributed by atoms with E-state index in [1.807, 2.05) is 17.0 Å². The van der Waals surface area contributed by atoms with E-state index in [0.29, 0.717) is 42.5 Å². The van der Waals surface area contributed by atoms with E-state index in [0.717, 1.165) is 12.1 Å². The van der Waals surface area contributed by atoms with Gasteiger partial charge in [0.25, 0.3) is 5.91 Å². The topological polar surface area (TPSA) is 77.6 Å². The molecule has 3 amide bonds. The number of carbonyl (C=O) groups is 2. The Balaban J connectivity index is 0.00000225. The molecule has 1 aromatic heterocycles. The van der Waals surface area contributed by atoms with Gasteiger partial charge in [-0.15, -0.1) is 12.4 Å². The molecule has 9 heteroatoms. The van der Waals surface area contributed by atoms with Crippen LogP contribution < -0.4 is 15.5 Å². The van der Waals surface area contributed by atoms with Crippen LogP contribution in [0.1, 0.15) is 22.0 Å². The van der Waals surface area contributed by atoms with Crippen LogP contribution in [0.4, 0.5) is 10.5 Å². The van der Waals surface area contributed by atoms with Crippen LogP contribution in [0.25, 0.3) is 0 Å². The predicted octanol–water partition coefficient (Wildman–Crippen LogP) is 2.47. The Hall–Kier alpha value is -2.35. The van der Waals surface area contributed by atoms with Crippen LogP contribution in [-0.2, 0) is 0 Å². The number of pyridine rings is 1. The molecule has 0 saturated carbocycles. The van der Waals surface area contributed by atoms with E-state index in [1.165, 1.54) is 0 Å². The molecule has 7 nitrogen and oxygen atoms in total. The number of nitrogens with one attached hydrogen (secondary N) is 2. The highest BCUT2D eigenvalue weighted by Gasteiger charge is 2.30. The molecule has 0 bridgehead atoms. The Bertz CT molecular complexity index is 865. The minimum Gasteiger partial charge on any atom is -0.336 e. The monoisotopic (exact) mass is 421 g/mol. The van der Waals surface area contributed by atoms with Gasteiger partial charge in [0.1, 0.15) is 0 Å². The van der Waals surface area contributed by atoms with E-state index in [1.54, 1.807) is 35.5 Å². The van der Waals surface area contributed by atoms with Gasteiger partial charge in [-0.2, -0.15) is 0 Å². The Labute approximate surface area is 174 Å². The number of urea groups is 1. The van der Waals surface area contributed by atoms with E-state index < -0.39 is 0 Å². The summed E-state index contributed by atoms with van der Waals surface area (Å²) in [5.74, 6) is -0.0807. The molecule has 0 radical (unpaired) electrons. The smallest absolute Gasteiger partial charge is 0.322 e. The van der Waals surface area contributed by atoms with Crippen molar-refractivity contribution in [2.24, 2.45) is 0 Å². The highest BCUT2D eigenvalue weighted by atomic mass is 35.5. The molecule has 3 heterocycles. The fourth-order valence-corrected chi connectivity index (χ4v) is 3.76. The largest absolute Gasteiger partial charge is 0.336 e. The van der Waals surface area contributed by atoms with Crippen molar-refractivity contribution in [1.82, 2.24) is 20.5 Å². The summed E-state index contributed by atoms with van der Waals surface area (Å²) in [6, 6.07) is 8.66. The third-order valence-corrected chi connectivity index (χ3v) is 5.23. The van der Waals surface area contributed by atoms with Crippen molar-refractivity contribution in [1.29, 1.82) is 0 Å². The van der Waals surface area contributed by atoms with E-state index >= 15 is 0 Å². The molecule has 2 fully saturated rings. The molecule has 0 aliphatic carbocycles. The quantitative estimate of drug-likeness (QED) is 0.797. The number of nitrogens with zero attached hydrogens (tertiary/aromatic N) is 3. The van der Waals surface area contributed by atoms with Crippen LogP contribution in [0.5, 0.6) is 0 Å². The third kappa shape index (κ3) is 3.92. The van der Waals surface area contributed by atoms with E-state index in [-0.39, 0.29) is 30.4 Å². The molecular formula is C19H21Cl2N5O2. The van der Waals surface area contributed by atoms with Crippen molar-refractivity contribution >= 4 is 41.6 Å². The number of benzene rings is 1. The minimum absolute atomic E-state index is 0. The second kappa shape index (κ2) is 8.77. The van der Waals surface area contributed by atoms with E-state index in [4.69, 9.17) is 11.6 Å². The molecule has 28 heavy (non-hydrogen) atoms. The summed E-state index contributed by atoms with van der Waals surface area (Å²) in [6.45, 7) is 3.10. The zero-order chi connectivity index (χ0) is 18.8. The summed E-state index contributed by atoms with van der Waals surface area (Å²) in [7, 11) is 0. The van der Waals surface area contributed by atoms with Crippen LogP contribution in [0, 0.1) is 0 Å². The summed E-state index contributed by atoms with van der Waals surface area (Å²) < 4.78 is 0. The van der Waals surface area contributed by atoms with Crippen LogP contribution in [-0.4, -0.2) is 54.5 Å². The van der Waals surface area contributed by atoms with Crippen LogP contribution in [0.15, 0.2) is 42.7 Å². The first-order valence-corrected chi connectivity index (χ1v) is 9.29. The maximum Gasteiger partial charge on any atom is 0.322 e. The first-order valence-electron chi connectivity index (χ1n) is 8.91. The fourth-order valence-electron chi connectivity index (χ4n) is 3.54. The number of anilines is 1. The standard InChI is InChI=1S/C19H20ClN5O2.ClH/c20-15-4-3-13(10-16(15)25-9-7-23-19(25)27)18(26)24-8-6-22-12-17(24)14-2-1-5-21-11-14;/h1-5,10-11,17,22H,6-9,12H2,(H,23,27);1H. The summed E-state index contributed by atoms with van der Waals surface area (Å²) in [5.41, 5.74) is 2.07. The Kier molecular flexibility index (Phi) is 6.39. The SMILES string of the molecule is Cl.O=C1NCCN1c1cc(C(=O)N2CCNCC2c2cccnc2)ccc1Cl. The molecular weight excluding hydrogens is 401 g/mol. The van der Waals surface area contributed by atoms with E-state index in [9.17, 15) is 9.59 Å². The molecule has 2 aliphatic rings. The molecule has 2 aliphatic heterocycles. The third-order valence-electron chi connectivity index (χ3n) is 4.91. The van der Waals surface area contributed by atoms with Gasteiger partial charge in [0.2, 0.25) is 0 Å². The maximum absolute atomic E-state index is 13.3. The van der Waals surface area contributed by atoms with Crippen molar-refractivity contribution in [2.45, 2.75) is 6.04 Å². The molecule has 1 atom stereocenters. The van der Waals surface area contributed by atoms with E-state index in [2.05, 4.69) is 15.6 Å². The predicted molar refractivity (Wildman–Crippen MR) is 110 cm³/mol. The number of amides is 3. The van der Waals surface area contributed by atoms with Crippen molar-refractivity contribution < 1.29 is 9.59 Å². The van der Waals surface area contributed by atoms with Crippen molar-refractivity contribution in [2.75, 3.05) is 37.6 Å². The molecule has 4 rings (SSSR count). The van der Waals surface area contributed by atoms with Gasteiger partial charge in [-0.25, -0.2) is 4.79 Å². The summed E-state index contributed by atoms with van der Waals surface area (Å²) >= 11 is 6.29. The molecule has 1 unspecified atom stereocenters. The molecule has 2 N–H and O–H groups in total. The van der Waals surface area contributed by atoms with Gasteiger partial charge in [0.15, 0.2) is 0 Å². The lowest BCUT2D eigenvalue weighted by molar-refractivity contribution is 0.0634. The zero-order valence-electron chi connectivity index (χ0n) is 15.1. The van der Waals surface area contributed by atoms with Crippen molar-refractivity contribution in [3.8, 4) is 0 Å². The zero-order valence-corrected chi connectivity index (χ0v) is 16.7. The number of piperazine rings is 1. The first kappa shape index (κ1) is 20.4. The maximum atomic E-state index is 13.3. The Morgan fingerprint density at radius 2 is 2.07 bits per heavy atom. The van der Waals surface area contributed by atoms with Gasteiger partial charge >= 0.3 is 6.03 Å². The number of carbonyl (C=O) groups excluding carboxylic acids is 2. The lowest BCUT2D eigenvalue weighted by Crippen LogP contribution is -2.48. The van der Waals surface area contributed by atoms with Gasteiger partial charge in [0.05, 0.1) is 16.8 Å². The molecule has 1 aromatic carbocycles.